The molecule has 2 aliphatic carbocycles. The van der Waals surface area contributed by atoms with Crippen LogP contribution in [0.3, 0.4) is 0 Å². The van der Waals surface area contributed by atoms with Gasteiger partial charge in [0.25, 0.3) is 0 Å². The number of likely N-dealkylation sites (tertiary alicyclic amines) is 1. The summed E-state index contributed by atoms with van der Waals surface area (Å²) in [5, 5.41) is 11.2. The van der Waals surface area contributed by atoms with E-state index in [0.29, 0.717) is 57.2 Å². The highest BCUT2D eigenvalue weighted by Crippen LogP contribution is 2.35. The summed E-state index contributed by atoms with van der Waals surface area (Å²) >= 11 is 0. The average molecular weight is 850 g/mol. The van der Waals surface area contributed by atoms with Crippen molar-refractivity contribution in [3.63, 3.8) is 0 Å². The lowest BCUT2D eigenvalue weighted by molar-refractivity contribution is -0.148. The van der Waals surface area contributed by atoms with Crippen molar-refractivity contribution in [1.82, 2.24) is 15.5 Å². The van der Waals surface area contributed by atoms with Gasteiger partial charge in [0.1, 0.15) is 6.04 Å². The van der Waals surface area contributed by atoms with Crippen molar-refractivity contribution in [2.45, 2.75) is 151 Å². The van der Waals surface area contributed by atoms with Gasteiger partial charge in [0.15, 0.2) is 17.3 Å². The van der Waals surface area contributed by atoms with E-state index in [2.05, 4.69) is 16.0 Å². The Hall–Kier alpha value is -4.49. The highest BCUT2D eigenvalue weighted by molar-refractivity contribution is 6.35. The SMILES string of the molecule is CN[C@@H](Cc1ccccc1)C(=O)N[C@@H](CCCCN)C(=O)N1CCC[C@H]1C(=O)C(Nc1ccc2ccccc2c1)(C(=O)[C@H](N)CC1CCCCC1)C(=O)[C@@H](N)CC1CCCCC1. The minimum absolute atomic E-state index is 0.188. The fraction of sp³-hybridized carbons (Fsp3) is 0.580. The lowest BCUT2D eigenvalue weighted by atomic mass is 9.72. The highest BCUT2D eigenvalue weighted by Gasteiger charge is 2.59. The number of nitrogens with zero attached hydrogens (tertiary/aromatic N) is 1. The number of unbranched alkanes of at least 4 members (excludes halogenated alkanes) is 1. The summed E-state index contributed by atoms with van der Waals surface area (Å²) in [6.45, 7) is 0.636. The van der Waals surface area contributed by atoms with Crippen molar-refractivity contribution in [3.8, 4) is 0 Å². The summed E-state index contributed by atoms with van der Waals surface area (Å²) in [6.07, 6.45) is 13.4. The maximum Gasteiger partial charge on any atom is 0.245 e. The van der Waals surface area contributed by atoms with E-state index >= 15 is 14.4 Å². The highest BCUT2D eigenvalue weighted by atomic mass is 16.2. The number of carbonyl (C=O) groups excluding carboxylic acids is 5. The fourth-order valence-corrected chi connectivity index (χ4v) is 10.3. The monoisotopic (exact) mass is 850 g/mol. The van der Waals surface area contributed by atoms with Crippen molar-refractivity contribution >= 4 is 45.6 Å². The van der Waals surface area contributed by atoms with E-state index in [4.69, 9.17) is 17.2 Å². The molecule has 1 unspecified atom stereocenters. The second kappa shape index (κ2) is 22.7. The number of likely N-dealkylation sites (N-methyl/N-ethyl adjacent to an activating group) is 1. The van der Waals surface area contributed by atoms with E-state index in [9.17, 15) is 9.59 Å². The van der Waals surface area contributed by atoms with Crippen molar-refractivity contribution in [2.24, 2.45) is 29.0 Å². The number of hydrogen-bond acceptors (Lipinski definition) is 10. The van der Waals surface area contributed by atoms with E-state index in [-0.39, 0.29) is 30.7 Å². The Bertz CT molecular complexity index is 1920. The predicted molar refractivity (Wildman–Crippen MR) is 246 cm³/mol. The van der Waals surface area contributed by atoms with Crippen molar-refractivity contribution in [2.75, 3.05) is 25.5 Å². The van der Waals surface area contributed by atoms with Crippen LogP contribution in [0.2, 0.25) is 0 Å². The number of nitrogens with two attached hydrogens (primary N) is 3. The minimum Gasteiger partial charge on any atom is -0.361 e. The molecule has 336 valence electrons. The topological polar surface area (TPSA) is 203 Å². The van der Waals surface area contributed by atoms with Gasteiger partial charge >= 0.3 is 0 Å². The summed E-state index contributed by atoms with van der Waals surface area (Å²) in [7, 11) is 1.71. The number of carbonyl (C=O) groups is 5. The van der Waals surface area contributed by atoms with Gasteiger partial charge in [-0.15, -0.1) is 0 Å². The van der Waals surface area contributed by atoms with E-state index in [1.807, 2.05) is 66.7 Å². The molecule has 1 saturated heterocycles. The van der Waals surface area contributed by atoms with Gasteiger partial charge in [-0.2, -0.15) is 0 Å². The van der Waals surface area contributed by atoms with Crippen LogP contribution in [0.1, 0.15) is 115 Å². The number of Topliss-reactive ketones (excluding diaryl/α,β-unsaturated/α-hetero) is 3. The predicted octanol–water partition coefficient (Wildman–Crippen LogP) is 5.73. The normalized spacial score (nSPS) is 20.5. The van der Waals surface area contributed by atoms with Crippen LogP contribution in [0.25, 0.3) is 10.8 Å². The molecule has 12 heteroatoms. The van der Waals surface area contributed by atoms with Crippen LogP contribution < -0.4 is 33.2 Å². The molecule has 1 aliphatic heterocycles. The number of anilines is 1. The molecular formula is C50H71N7O5. The molecule has 2 saturated carbocycles. The second-order valence-electron chi connectivity index (χ2n) is 18.3. The number of benzene rings is 3. The number of rotatable bonds is 22. The Morgan fingerprint density at radius 1 is 0.710 bits per heavy atom. The van der Waals surface area contributed by atoms with Crippen LogP contribution in [0.5, 0.6) is 0 Å². The third-order valence-electron chi connectivity index (χ3n) is 13.8. The van der Waals surface area contributed by atoms with Gasteiger partial charge in [-0.05, 0) is 105 Å². The molecule has 3 aliphatic rings. The molecule has 62 heavy (non-hydrogen) atoms. The first-order valence-electron chi connectivity index (χ1n) is 23.5. The number of fused-ring (bicyclic) bond motifs is 1. The Balaban J connectivity index is 1.38. The standard InChI is InChI=1S/C50H71N7O5/c1-54-43(32-36-20-9-4-10-21-36)48(61)55-42(24-13-14-28-51)49(62)57-29-15-25-44(57)47(60)50(45(58)40(52)30-34-16-5-2-6-17-34,46(59)41(53)31-35-18-7-3-8-19-35)56-39-27-26-37-22-11-12-23-38(37)33-39/h4,9-12,20-23,26-27,33-35,40-44,54,56H,2-3,5-8,13-19,24-25,28-32,51-53H2,1H3,(H,55,61)/t40-,41+,42-,43-,44-,50?/m0/s1. The Morgan fingerprint density at radius 2 is 1.31 bits per heavy atom. The Morgan fingerprint density at radius 3 is 1.90 bits per heavy atom. The first-order chi connectivity index (χ1) is 30.0. The van der Waals surface area contributed by atoms with Gasteiger partial charge in [0.05, 0.1) is 24.2 Å². The molecule has 6 atom stereocenters. The maximum atomic E-state index is 15.9. The molecule has 3 aromatic rings. The number of hydrogen-bond donors (Lipinski definition) is 6. The van der Waals surface area contributed by atoms with Gasteiger partial charge in [-0.3, -0.25) is 24.0 Å². The van der Waals surface area contributed by atoms with Gasteiger partial charge in [0, 0.05) is 12.2 Å². The van der Waals surface area contributed by atoms with E-state index in [1.54, 1.807) is 13.1 Å². The van der Waals surface area contributed by atoms with E-state index in [1.165, 1.54) is 4.90 Å². The lowest BCUT2D eigenvalue weighted by Crippen LogP contribution is -2.70. The van der Waals surface area contributed by atoms with Crippen LogP contribution >= 0.6 is 0 Å². The third-order valence-corrected chi connectivity index (χ3v) is 13.8. The van der Waals surface area contributed by atoms with Crippen LogP contribution in [-0.4, -0.2) is 89.9 Å². The summed E-state index contributed by atoms with van der Waals surface area (Å²) in [5.41, 5.74) is 18.6. The lowest BCUT2D eigenvalue weighted by Gasteiger charge is -2.40. The summed E-state index contributed by atoms with van der Waals surface area (Å²) in [6, 6.07) is 17.9. The smallest absolute Gasteiger partial charge is 0.245 e. The third kappa shape index (κ3) is 11.5. The summed E-state index contributed by atoms with van der Waals surface area (Å²) < 4.78 is 0. The first-order valence-corrected chi connectivity index (χ1v) is 23.5. The molecule has 1 heterocycles. The second-order valence-corrected chi connectivity index (χ2v) is 18.3. The molecular weight excluding hydrogens is 779 g/mol. The quantitative estimate of drug-likeness (QED) is 0.0536. The van der Waals surface area contributed by atoms with Gasteiger partial charge < -0.3 is 38.1 Å². The zero-order chi connectivity index (χ0) is 44.1. The van der Waals surface area contributed by atoms with E-state index < -0.39 is 59.0 Å². The van der Waals surface area contributed by atoms with Crippen LogP contribution in [0.15, 0.2) is 72.8 Å². The number of ketones is 3. The fourth-order valence-electron chi connectivity index (χ4n) is 10.3. The molecule has 3 aromatic carbocycles. The number of amides is 2. The van der Waals surface area contributed by atoms with Crippen LogP contribution in [0.4, 0.5) is 5.69 Å². The minimum atomic E-state index is -2.47. The average Bonchev–Trinajstić information content (AvgIpc) is 3.80. The van der Waals surface area contributed by atoms with E-state index in [0.717, 1.165) is 80.5 Å². The van der Waals surface area contributed by atoms with Crippen molar-refractivity contribution in [1.29, 1.82) is 0 Å². The summed E-state index contributed by atoms with van der Waals surface area (Å²) in [4.78, 5) is 77.1. The first kappa shape index (κ1) is 47.0. The molecule has 0 spiro atoms. The van der Waals surface area contributed by atoms with Gasteiger partial charge in [0.2, 0.25) is 17.4 Å². The molecule has 0 aromatic heterocycles. The zero-order valence-electron chi connectivity index (χ0n) is 36.8. The molecule has 0 radical (unpaired) electrons. The van der Waals surface area contributed by atoms with Gasteiger partial charge in [-0.1, -0.05) is 125 Å². The maximum absolute atomic E-state index is 15.9. The largest absolute Gasteiger partial charge is 0.361 e. The van der Waals surface area contributed by atoms with Crippen LogP contribution in [-0.2, 0) is 30.4 Å². The number of nitrogens with one attached hydrogen (secondary N) is 3. The molecule has 6 rings (SSSR count). The molecule has 2 amide bonds. The van der Waals surface area contributed by atoms with Gasteiger partial charge in [-0.25, -0.2) is 0 Å². The zero-order valence-corrected chi connectivity index (χ0v) is 36.8. The van der Waals surface area contributed by atoms with Crippen molar-refractivity contribution < 1.29 is 24.0 Å². The molecule has 12 nitrogen and oxygen atoms in total. The Labute approximate surface area is 368 Å². The Kier molecular flexibility index (Phi) is 17.2. The van der Waals surface area contributed by atoms with Crippen LogP contribution in [0, 0.1) is 11.8 Å². The molecule has 3 fully saturated rings. The molecule has 9 N–H and O–H groups in total. The van der Waals surface area contributed by atoms with Crippen molar-refractivity contribution in [3.05, 3.63) is 78.4 Å². The molecule has 0 bridgehead atoms. The summed E-state index contributed by atoms with van der Waals surface area (Å²) in [5.74, 6) is -2.51.